The van der Waals surface area contributed by atoms with Crippen LogP contribution in [0.25, 0.3) is 0 Å². The van der Waals surface area contributed by atoms with Crippen LogP contribution in [0.3, 0.4) is 0 Å². The zero-order valence-electron chi connectivity index (χ0n) is 13.3. The van der Waals surface area contributed by atoms with Gasteiger partial charge in [0.25, 0.3) is 0 Å². The van der Waals surface area contributed by atoms with E-state index in [1.165, 1.54) is 0 Å². The van der Waals surface area contributed by atoms with Crippen LogP contribution in [-0.2, 0) is 9.47 Å². The Labute approximate surface area is 132 Å². The number of hydrogen-bond acceptors (Lipinski definition) is 5. The first-order chi connectivity index (χ1) is 10.7. The molecule has 22 heavy (non-hydrogen) atoms. The molecule has 0 N–H and O–H groups in total. The van der Waals surface area contributed by atoms with Gasteiger partial charge in [-0.05, 0) is 38.3 Å². The minimum atomic E-state index is 0.0616. The van der Waals surface area contributed by atoms with Crippen LogP contribution in [0.2, 0.25) is 0 Å². The summed E-state index contributed by atoms with van der Waals surface area (Å²) in [4.78, 5) is 2.33. The Balaban J connectivity index is 1.76. The molecule has 0 radical (unpaired) electrons. The first kappa shape index (κ1) is 15.4. The van der Waals surface area contributed by atoms with E-state index >= 15 is 0 Å². The SMILES string of the molecule is C=CCOCC12CCCOC1CCN(c1ccc(C)nn1)C2. The van der Waals surface area contributed by atoms with Crippen LogP contribution in [0, 0.1) is 12.3 Å². The van der Waals surface area contributed by atoms with E-state index in [1.54, 1.807) is 6.08 Å². The number of aromatic nitrogens is 2. The van der Waals surface area contributed by atoms with E-state index < -0.39 is 0 Å². The fourth-order valence-corrected chi connectivity index (χ4v) is 3.60. The highest BCUT2D eigenvalue weighted by atomic mass is 16.5. The molecule has 0 aliphatic carbocycles. The molecule has 0 saturated carbocycles. The van der Waals surface area contributed by atoms with Gasteiger partial charge in [-0.3, -0.25) is 0 Å². The van der Waals surface area contributed by atoms with E-state index in [9.17, 15) is 0 Å². The lowest BCUT2D eigenvalue weighted by molar-refractivity contribution is -0.123. The van der Waals surface area contributed by atoms with Gasteiger partial charge in [0.15, 0.2) is 5.82 Å². The third kappa shape index (κ3) is 3.15. The molecule has 3 rings (SSSR count). The summed E-state index contributed by atoms with van der Waals surface area (Å²) in [6, 6.07) is 4.08. The van der Waals surface area contributed by atoms with Gasteiger partial charge in [-0.15, -0.1) is 11.7 Å². The van der Waals surface area contributed by atoms with Crippen LogP contribution < -0.4 is 4.90 Å². The average Bonchev–Trinajstić information content (AvgIpc) is 2.55. The van der Waals surface area contributed by atoms with Gasteiger partial charge >= 0.3 is 0 Å². The number of hydrogen-bond donors (Lipinski definition) is 0. The Morgan fingerprint density at radius 2 is 2.41 bits per heavy atom. The predicted molar refractivity (Wildman–Crippen MR) is 86.0 cm³/mol. The van der Waals surface area contributed by atoms with Crippen LogP contribution in [-0.4, -0.2) is 49.2 Å². The summed E-state index contributed by atoms with van der Waals surface area (Å²) in [6.45, 7) is 9.77. The molecule has 0 aromatic carbocycles. The average molecular weight is 303 g/mol. The van der Waals surface area contributed by atoms with Gasteiger partial charge in [-0.1, -0.05) is 6.08 Å². The van der Waals surface area contributed by atoms with Gasteiger partial charge in [0, 0.05) is 25.1 Å². The van der Waals surface area contributed by atoms with Crippen molar-refractivity contribution in [2.45, 2.75) is 32.3 Å². The van der Waals surface area contributed by atoms with Crippen molar-refractivity contribution in [1.29, 1.82) is 0 Å². The van der Waals surface area contributed by atoms with Crippen molar-refractivity contribution < 1.29 is 9.47 Å². The first-order valence-corrected chi connectivity index (χ1v) is 8.09. The maximum Gasteiger partial charge on any atom is 0.151 e. The van der Waals surface area contributed by atoms with Crippen LogP contribution in [0.4, 0.5) is 5.82 Å². The molecule has 2 aliphatic heterocycles. The molecular formula is C17H25N3O2. The largest absolute Gasteiger partial charge is 0.377 e. The third-order valence-electron chi connectivity index (χ3n) is 4.72. The van der Waals surface area contributed by atoms with Gasteiger partial charge in [-0.2, -0.15) is 5.10 Å². The zero-order valence-corrected chi connectivity index (χ0v) is 13.3. The molecule has 0 amide bonds. The molecule has 3 heterocycles. The van der Waals surface area contributed by atoms with Crippen molar-refractivity contribution in [3.63, 3.8) is 0 Å². The number of piperidine rings is 1. The summed E-state index contributed by atoms with van der Waals surface area (Å²) in [5.74, 6) is 0.956. The van der Waals surface area contributed by atoms with Gasteiger partial charge in [0.05, 0.1) is 25.0 Å². The fourth-order valence-electron chi connectivity index (χ4n) is 3.60. The Bertz CT molecular complexity index is 505. The summed E-state index contributed by atoms with van der Waals surface area (Å²) in [7, 11) is 0. The van der Waals surface area contributed by atoms with Gasteiger partial charge in [-0.25, -0.2) is 0 Å². The highest BCUT2D eigenvalue weighted by Gasteiger charge is 2.46. The summed E-state index contributed by atoms with van der Waals surface area (Å²) < 4.78 is 11.9. The van der Waals surface area contributed by atoms with E-state index in [0.717, 1.165) is 57.1 Å². The topological polar surface area (TPSA) is 47.5 Å². The number of nitrogens with zero attached hydrogens (tertiary/aromatic N) is 3. The summed E-state index contributed by atoms with van der Waals surface area (Å²) in [5, 5.41) is 8.53. The number of ether oxygens (including phenoxy) is 2. The maximum absolute atomic E-state index is 6.05. The number of anilines is 1. The Kier molecular flexibility index (Phi) is 4.74. The van der Waals surface area contributed by atoms with Crippen molar-refractivity contribution >= 4 is 5.82 Å². The van der Waals surface area contributed by atoms with E-state index in [1.807, 2.05) is 13.0 Å². The summed E-state index contributed by atoms with van der Waals surface area (Å²) >= 11 is 0. The van der Waals surface area contributed by atoms with Crippen molar-refractivity contribution in [2.75, 3.05) is 37.8 Å². The smallest absolute Gasteiger partial charge is 0.151 e. The lowest BCUT2D eigenvalue weighted by Gasteiger charge is -2.50. The van der Waals surface area contributed by atoms with E-state index in [2.05, 4.69) is 27.7 Å². The molecule has 2 aliphatic rings. The Hall–Kier alpha value is -1.46. The lowest BCUT2D eigenvalue weighted by Crippen LogP contribution is -2.57. The number of aryl methyl sites for hydroxylation is 1. The van der Waals surface area contributed by atoms with Gasteiger partial charge < -0.3 is 14.4 Å². The highest BCUT2D eigenvalue weighted by Crippen LogP contribution is 2.41. The monoisotopic (exact) mass is 303 g/mol. The molecule has 1 aromatic rings. The lowest BCUT2D eigenvalue weighted by atomic mass is 9.73. The second-order valence-electron chi connectivity index (χ2n) is 6.37. The fraction of sp³-hybridized carbons (Fsp3) is 0.647. The second-order valence-corrected chi connectivity index (χ2v) is 6.37. The Morgan fingerprint density at radius 1 is 1.50 bits per heavy atom. The Morgan fingerprint density at radius 3 is 3.18 bits per heavy atom. The molecule has 120 valence electrons. The van der Waals surface area contributed by atoms with Gasteiger partial charge in [0.1, 0.15) is 0 Å². The van der Waals surface area contributed by atoms with Crippen molar-refractivity contribution in [3.05, 3.63) is 30.5 Å². The summed E-state index contributed by atoms with van der Waals surface area (Å²) in [6.07, 6.45) is 5.36. The normalized spacial score (nSPS) is 28.2. The minimum absolute atomic E-state index is 0.0616. The minimum Gasteiger partial charge on any atom is -0.377 e. The van der Waals surface area contributed by atoms with Crippen LogP contribution in [0.15, 0.2) is 24.8 Å². The maximum atomic E-state index is 6.05. The molecule has 2 unspecified atom stereocenters. The van der Waals surface area contributed by atoms with Crippen molar-refractivity contribution in [1.82, 2.24) is 10.2 Å². The third-order valence-corrected chi connectivity index (χ3v) is 4.72. The van der Waals surface area contributed by atoms with Crippen LogP contribution >= 0.6 is 0 Å². The van der Waals surface area contributed by atoms with Crippen LogP contribution in [0.1, 0.15) is 25.0 Å². The van der Waals surface area contributed by atoms with Crippen molar-refractivity contribution in [2.24, 2.45) is 5.41 Å². The van der Waals surface area contributed by atoms with Gasteiger partial charge in [0.2, 0.25) is 0 Å². The zero-order chi connectivity index (χ0) is 15.4. The molecule has 5 heteroatoms. The molecule has 2 saturated heterocycles. The first-order valence-electron chi connectivity index (χ1n) is 8.09. The molecular weight excluding hydrogens is 278 g/mol. The van der Waals surface area contributed by atoms with E-state index in [4.69, 9.17) is 9.47 Å². The molecule has 5 nitrogen and oxygen atoms in total. The molecule has 0 bridgehead atoms. The molecule has 2 fully saturated rings. The highest BCUT2D eigenvalue weighted by molar-refractivity contribution is 5.39. The molecule has 1 aromatic heterocycles. The summed E-state index contributed by atoms with van der Waals surface area (Å²) in [5.41, 5.74) is 1.01. The van der Waals surface area contributed by atoms with E-state index in [-0.39, 0.29) is 5.41 Å². The quantitative estimate of drug-likeness (QED) is 0.617. The standard InChI is InChI=1S/C17H25N3O2/c1-3-10-21-13-17-8-4-11-22-15(17)7-9-20(12-17)16-6-5-14(2)18-19-16/h3,5-6,15H,1,4,7-13H2,2H3. The van der Waals surface area contributed by atoms with E-state index in [0.29, 0.717) is 12.7 Å². The number of rotatable bonds is 5. The second kappa shape index (κ2) is 6.75. The molecule has 0 spiro atoms. The molecule has 2 atom stereocenters. The predicted octanol–water partition coefficient (Wildman–Crippen LogP) is 2.36. The number of fused-ring (bicyclic) bond motifs is 1. The van der Waals surface area contributed by atoms with Crippen LogP contribution in [0.5, 0.6) is 0 Å². The van der Waals surface area contributed by atoms with Crippen molar-refractivity contribution in [3.8, 4) is 0 Å².